The van der Waals surface area contributed by atoms with Crippen LogP contribution >= 0.6 is 28.1 Å². The number of benzene rings is 1. The van der Waals surface area contributed by atoms with Crippen LogP contribution in [-0.4, -0.2) is 20.8 Å². The Balaban J connectivity index is 1.81. The molecule has 128 valence electrons. The van der Waals surface area contributed by atoms with Gasteiger partial charge in [-0.3, -0.25) is 20.3 Å². The predicted octanol–water partition coefficient (Wildman–Crippen LogP) is 2.92. The smallest absolute Gasteiger partial charge is 0.243 e. The summed E-state index contributed by atoms with van der Waals surface area (Å²) in [4.78, 5) is 12.1. The first-order chi connectivity index (χ1) is 11.3. The lowest BCUT2D eigenvalue weighted by Gasteiger charge is -2.16. The van der Waals surface area contributed by atoms with Gasteiger partial charge in [0.05, 0.1) is 23.1 Å². The molecule has 24 heavy (non-hydrogen) atoms. The summed E-state index contributed by atoms with van der Waals surface area (Å²) in [5.41, 5.74) is 8.52. The Labute approximate surface area is 155 Å². The first-order valence-corrected chi connectivity index (χ1v) is 8.67. The second-order valence-electron chi connectivity index (χ2n) is 5.67. The van der Waals surface area contributed by atoms with Gasteiger partial charge in [-0.05, 0) is 53.6 Å². The summed E-state index contributed by atoms with van der Waals surface area (Å²) < 4.78 is 2.59. The van der Waals surface area contributed by atoms with Gasteiger partial charge in [-0.1, -0.05) is 24.6 Å². The van der Waals surface area contributed by atoms with Crippen molar-refractivity contribution >= 4 is 44.9 Å². The van der Waals surface area contributed by atoms with Crippen molar-refractivity contribution in [2.75, 3.05) is 5.32 Å². The molecule has 0 saturated carbocycles. The molecule has 3 N–H and O–H groups in total. The third-order valence-corrected chi connectivity index (χ3v) is 4.05. The normalized spacial score (nSPS) is 11.7. The van der Waals surface area contributed by atoms with Crippen LogP contribution in [0, 0.1) is 19.8 Å². The van der Waals surface area contributed by atoms with Gasteiger partial charge in [0.1, 0.15) is 0 Å². The van der Waals surface area contributed by atoms with E-state index in [-0.39, 0.29) is 11.8 Å². The zero-order chi connectivity index (χ0) is 17.7. The summed E-state index contributed by atoms with van der Waals surface area (Å²) in [5.74, 6) is -0.417. The second-order valence-corrected chi connectivity index (χ2v) is 6.99. The first kappa shape index (κ1) is 18.4. The SMILES string of the molecule is Cc1ccc(NC(=S)NNC(=O)[C@H](C)Cn2cc(Br)cn2)c(C)c1. The summed E-state index contributed by atoms with van der Waals surface area (Å²) in [6, 6.07) is 6.02. The van der Waals surface area contributed by atoms with E-state index in [1.807, 2.05) is 39.1 Å². The summed E-state index contributed by atoms with van der Waals surface area (Å²) in [6.45, 7) is 6.34. The summed E-state index contributed by atoms with van der Waals surface area (Å²) in [7, 11) is 0. The molecule has 8 heteroatoms. The molecule has 1 amide bonds. The summed E-state index contributed by atoms with van der Waals surface area (Å²) in [6.07, 6.45) is 3.51. The molecule has 0 radical (unpaired) electrons. The minimum atomic E-state index is -0.256. The van der Waals surface area contributed by atoms with E-state index in [4.69, 9.17) is 12.2 Å². The monoisotopic (exact) mass is 409 g/mol. The molecule has 2 rings (SSSR count). The number of nitrogens with zero attached hydrogens (tertiary/aromatic N) is 2. The van der Waals surface area contributed by atoms with E-state index in [0.717, 1.165) is 15.7 Å². The average Bonchev–Trinajstić information content (AvgIpc) is 2.92. The third kappa shape index (κ3) is 5.31. The minimum absolute atomic E-state index is 0.161. The fourth-order valence-electron chi connectivity index (χ4n) is 2.15. The minimum Gasteiger partial charge on any atom is -0.331 e. The molecule has 0 aliphatic carbocycles. The van der Waals surface area contributed by atoms with Crippen LogP contribution in [-0.2, 0) is 11.3 Å². The topological polar surface area (TPSA) is 71.0 Å². The molecule has 1 atom stereocenters. The number of rotatable bonds is 4. The lowest BCUT2D eigenvalue weighted by molar-refractivity contribution is -0.125. The number of halogens is 1. The highest BCUT2D eigenvalue weighted by Crippen LogP contribution is 2.15. The van der Waals surface area contributed by atoms with Crippen molar-refractivity contribution in [2.24, 2.45) is 5.92 Å². The van der Waals surface area contributed by atoms with Gasteiger partial charge in [0, 0.05) is 11.9 Å². The molecule has 0 saturated heterocycles. The second kappa shape index (κ2) is 8.25. The number of hydrazine groups is 1. The summed E-state index contributed by atoms with van der Waals surface area (Å²) in [5, 5.41) is 7.54. The van der Waals surface area contributed by atoms with Gasteiger partial charge in [-0.15, -0.1) is 0 Å². The van der Waals surface area contributed by atoms with Crippen LogP contribution in [0.3, 0.4) is 0 Å². The van der Waals surface area contributed by atoms with E-state index in [0.29, 0.717) is 11.7 Å². The largest absolute Gasteiger partial charge is 0.331 e. The molecule has 0 spiro atoms. The molecule has 1 aromatic heterocycles. The Hall–Kier alpha value is -1.93. The fraction of sp³-hybridized carbons (Fsp3) is 0.312. The van der Waals surface area contributed by atoms with E-state index in [2.05, 4.69) is 43.3 Å². The Kier molecular flexibility index (Phi) is 6.33. The molecule has 1 aromatic carbocycles. The van der Waals surface area contributed by atoms with E-state index < -0.39 is 0 Å². The molecule has 0 bridgehead atoms. The number of aromatic nitrogens is 2. The van der Waals surface area contributed by atoms with Crippen LogP contribution < -0.4 is 16.2 Å². The highest BCUT2D eigenvalue weighted by molar-refractivity contribution is 9.10. The van der Waals surface area contributed by atoms with Crippen LogP contribution in [0.4, 0.5) is 5.69 Å². The number of thiocarbonyl (C=S) groups is 1. The number of carbonyl (C=O) groups excluding carboxylic acids is 1. The molecule has 6 nitrogen and oxygen atoms in total. The van der Waals surface area contributed by atoms with Crippen LogP contribution in [0.5, 0.6) is 0 Å². The predicted molar refractivity (Wildman–Crippen MR) is 103 cm³/mol. The van der Waals surface area contributed by atoms with E-state index in [1.54, 1.807) is 10.9 Å². The van der Waals surface area contributed by atoms with Crippen LogP contribution in [0.1, 0.15) is 18.1 Å². The van der Waals surface area contributed by atoms with E-state index >= 15 is 0 Å². The van der Waals surface area contributed by atoms with E-state index in [9.17, 15) is 4.79 Å². The lowest BCUT2D eigenvalue weighted by Crippen LogP contribution is -2.46. The zero-order valence-corrected chi connectivity index (χ0v) is 16.2. The maximum absolute atomic E-state index is 12.1. The number of hydrogen-bond donors (Lipinski definition) is 3. The van der Waals surface area contributed by atoms with Gasteiger partial charge in [-0.2, -0.15) is 5.10 Å². The highest BCUT2D eigenvalue weighted by atomic mass is 79.9. The molecule has 2 aromatic rings. The van der Waals surface area contributed by atoms with Crippen LogP contribution in [0.25, 0.3) is 0 Å². The van der Waals surface area contributed by atoms with Gasteiger partial charge in [0.15, 0.2) is 5.11 Å². The zero-order valence-electron chi connectivity index (χ0n) is 13.8. The summed E-state index contributed by atoms with van der Waals surface area (Å²) >= 11 is 8.53. The molecule has 0 fully saturated rings. The lowest BCUT2D eigenvalue weighted by atomic mass is 10.1. The third-order valence-electron chi connectivity index (χ3n) is 3.44. The molecule has 0 aliphatic rings. The molecular weight excluding hydrogens is 390 g/mol. The van der Waals surface area contributed by atoms with Gasteiger partial charge in [0.2, 0.25) is 5.91 Å². The standard InChI is InChI=1S/C16H20BrN5OS/c1-10-4-5-14(11(2)6-10)19-16(24)21-20-15(23)12(3)8-22-9-13(17)7-18-22/h4-7,9,12H,8H2,1-3H3,(H,20,23)(H2,19,21,24)/t12-/m1/s1. The van der Waals surface area contributed by atoms with Crippen molar-refractivity contribution < 1.29 is 4.79 Å². The molecule has 1 heterocycles. The van der Waals surface area contributed by atoms with Crippen LogP contribution in [0.15, 0.2) is 35.1 Å². The maximum Gasteiger partial charge on any atom is 0.243 e. The van der Waals surface area contributed by atoms with Gasteiger partial charge < -0.3 is 5.32 Å². The molecule has 0 aliphatic heterocycles. The van der Waals surface area contributed by atoms with Crippen molar-refractivity contribution in [1.82, 2.24) is 20.6 Å². The Bertz CT molecular complexity index is 746. The van der Waals surface area contributed by atoms with Gasteiger partial charge in [-0.25, -0.2) is 0 Å². The Morgan fingerprint density at radius 3 is 2.75 bits per heavy atom. The first-order valence-electron chi connectivity index (χ1n) is 7.47. The number of aryl methyl sites for hydroxylation is 2. The number of nitrogens with one attached hydrogen (secondary N) is 3. The van der Waals surface area contributed by atoms with Crippen molar-refractivity contribution in [2.45, 2.75) is 27.3 Å². The van der Waals surface area contributed by atoms with Gasteiger partial charge >= 0.3 is 0 Å². The number of amides is 1. The quantitative estimate of drug-likeness (QED) is 0.534. The Morgan fingerprint density at radius 1 is 1.38 bits per heavy atom. The van der Waals surface area contributed by atoms with Crippen molar-refractivity contribution in [3.63, 3.8) is 0 Å². The van der Waals surface area contributed by atoms with Crippen molar-refractivity contribution in [1.29, 1.82) is 0 Å². The number of carbonyl (C=O) groups is 1. The molecule has 0 unspecified atom stereocenters. The van der Waals surface area contributed by atoms with Gasteiger partial charge in [0.25, 0.3) is 0 Å². The van der Waals surface area contributed by atoms with Crippen LogP contribution in [0.2, 0.25) is 0 Å². The van der Waals surface area contributed by atoms with Crippen molar-refractivity contribution in [3.8, 4) is 0 Å². The van der Waals surface area contributed by atoms with E-state index in [1.165, 1.54) is 5.56 Å². The number of anilines is 1. The maximum atomic E-state index is 12.1. The fourth-order valence-corrected chi connectivity index (χ4v) is 2.64. The molecular formula is C16H20BrN5OS. The number of hydrogen-bond acceptors (Lipinski definition) is 3. The Morgan fingerprint density at radius 2 is 2.12 bits per heavy atom. The highest BCUT2D eigenvalue weighted by Gasteiger charge is 2.14. The average molecular weight is 410 g/mol. The van der Waals surface area contributed by atoms with Crippen molar-refractivity contribution in [3.05, 3.63) is 46.2 Å².